The van der Waals surface area contributed by atoms with Crippen LogP contribution < -0.4 is 21.9 Å². The number of hydrogen-bond acceptors (Lipinski definition) is 5. The molecule has 8 heteroatoms. The molecule has 4 rings (SSSR count). The van der Waals surface area contributed by atoms with E-state index in [1.165, 1.54) is 13.1 Å². The minimum atomic E-state index is -0.388. The van der Waals surface area contributed by atoms with Gasteiger partial charge in [0, 0.05) is 44.4 Å². The molecule has 1 saturated heterocycles. The molecule has 2 aromatic carbocycles. The summed E-state index contributed by atoms with van der Waals surface area (Å²) in [5.74, 6) is 0.693. The molecule has 0 spiro atoms. The lowest BCUT2D eigenvalue weighted by atomic mass is 10.1. The predicted octanol–water partition coefficient (Wildman–Crippen LogP) is 2.96. The summed E-state index contributed by atoms with van der Waals surface area (Å²) in [4.78, 5) is 41.1. The lowest BCUT2D eigenvalue weighted by Gasteiger charge is -2.34. The van der Waals surface area contributed by atoms with Gasteiger partial charge < -0.3 is 10.6 Å². The van der Waals surface area contributed by atoms with Crippen LogP contribution in [0, 0.1) is 6.57 Å². The number of piperidine rings is 1. The standard InChI is InChI=1S/C18H21N5O2.C8H8O/c1-20-15-8-4-3-6-13(15)11-23-16(10-17(24)21(2)18(23)25)22-9-5-7-14(19)12-22;1-7(9)8-5-3-2-4-6-8/h3-4,6,8,10,14H,5,7,9,11-12,19H2,2H3;2-6H,1H3/t14-;/m1./s1. The van der Waals surface area contributed by atoms with E-state index in [-0.39, 0.29) is 29.6 Å². The number of benzene rings is 2. The van der Waals surface area contributed by atoms with Crippen LogP contribution in [0.2, 0.25) is 0 Å². The summed E-state index contributed by atoms with van der Waals surface area (Å²) >= 11 is 0. The number of carbonyl (C=O) groups excluding carboxylic acids is 1. The highest BCUT2D eigenvalue weighted by atomic mass is 16.2. The van der Waals surface area contributed by atoms with Crippen LogP contribution in [0.1, 0.15) is 35.7 Å². The molecule has 1 aliphatic rings. The lowest BCUT2D eigenvalue weighted by molar-refractivity contribution is 0.101. The second-order valence-corrected chi connectivity index (χ2v) is 8.28. The number of anilines is 1. The average Bonchev–Trinajstić information content (AvgIpc) is 2.85. The Hall–Kier alpha value is -3.96. The van der Waals surface area contributed by atoms with E-state index < -0.39 is 0 Å². The molecule has 1 aliphatic heterocycles. The maximum atomic E-state index is 12.7. The van der Waals surface area contributed by atoms with E-state index in [1.807, 2.05) is 47.4 Å². The number of nitrogens with zero attached hydrogens (tertiary/aromatic N) is 4. The minimum Gasteiger partial charge on any atom is -0.356 e. The number of para-hydroxylation sites is 1. The number of Topliss-reactive ketones (excluding diaryl/α,β-unsaturated/α-hetero) is 1. The summed E-state index contributed by atoms with van der Waals surface area (Å²) < 4.78 is 2.65. The van der Waals surface area contributed by atoms with Gasteiger partial charge in [0.15, 0.2) is 11.5 Å². The van der Waals surface area contributed by atoms with Crippen molar-refractivity contribution in [1.82, 2.24) is 9.13 Å². The predicted molar refractivity (Wildman–Crippen MR) is 134 cm³/mol. The van der Waals surface area contributed by atoms with E-state index in [9.17, 15) is 14.4 Å². The van der Waals surface area contributed by atoms with E-state index in [4.69, 9.17) is 12.3 Å². The van der Waals surface area contributed by atoms with Crippen LogP contribution in [0.4, 0.5) is 11.5 Å². The molecular weight excluding hydrogens is 430 g/mol. The number of hydrogen-bond donors (Lipinski definition) is 1. The first-order valence-electron chi connectivity index (χ1n) is 11.1. The number of ketones is 1. The van der Waals surface area contributed by atoms with Gasteiger partial charge in [0.1, 0.15) is 5.82 Å². The van der Waals surface area contributed by atoms with Gasteiger partial charge in [0.25, 0.3) is 5.56 Å². The molecule has 1 aromatic heterocycles. The largest absolute Gasteiger partial charge is 0.356 e. The van der Waals surface area contributed by atoms with E-state index in [0.717, 1.165) is 35.1 Å². The monoisotopic (exact) mass is 459 g/mol. The van der Waals surface area contributed by atoms with Crippen molar-refractivity contribution in [2.45, 2.75) is 32.4 Å². The molecule has 34 heavy (non-hydrogen) atoms. The average molecular weight is 460 g/mol. The Labute approximate surface area is 198 Å². The van der Waals surface area contributed by atoms with Crippen LogP contribution in [0.5, 0.6) is 0 Å². The van der Waals surface area contributed by atoms with Crippen LogP contribution in [-0.2, 0) is 13.6 Å². The van der Waals surface area contributed by atoms with Crippen LogP contribution in [0.25, 0.3) is 4.85 Å². The molecule has 3 aromatic rings. The zero-order valence-electron chi connectivity index (χ0n) is 19.5. The number of nitrogens with two attached hydrogens (primary N) is 1. The summed E-state index contributed by atoms with van der Waals surface area (Å²) in [6.45, 7) is 10.5. The van der Waals surface area contributed by atoms with Gasteiger partial charge in [-0.25, -0.2) is 9.64 Å². The van der Waals surface area contributed by atoms with Crippen molar-refractivity contribution in [2.75, 3.05) is 18.0 Å². The van der Waals surface area contributed by atoms with Gasteiger partial charge in [-0.1, -0.05) is 54.6 Å². The number of aromatic nitrogens is 2. The van der Waals surface area contributed by atoms with Gasteiger partial charge in [-0.2, -0.15) is 0 Å². The van der Waals surface area contributed by atoms with Crippen LogP contribution in [0.3, 0.4) is 0 Å². The SMILES string of the molecule is CC(=O)c1ccccc1.[C-]#[N+]c1ccccc1Cn1c(N2CCC[C@@H](N)C2)cc(=O)n(C)c1=O. The molecule has 2 heterocycles. The fourth-order valence-electron chi connectivity index (χ4n) is 3.88. The van der Waals surface area contributed by atoms with E-state index in [2.05, 4.69) is 4.85 Å². The first-order valence-corrected chi connectivity index (χ1v) is 11.1. The van der Waals surface area contributed by atoms with Gasteiger partial charge in [-0.05, 0) is 25.3 Å². The Morgan fingerprint density at radius 3 is 2.41 bits per heavy atom. The van der Waals surface area contributed by atoms with Crippen molar-refractivity contribution in [3.63, 3.8) is 0 Å². The second-order valence-electron chi connectivity index (χ2n) is 8.28. The molecule has 0 saturated carbocycles. The van der Waals surface area contributed by atoms with Crippen molar-refractivity contribution < 1.29 is 4.79 Å². The second kappa shape index (κ2) is 11.3. The minimum absolute atomic E-state index is 0.0249. The molecular formula is C26H29N5O3. The summed E-state index contributed by atoms with van der Waals surface area (Å²) in [5, 5.41) is 0. The molecule has 0 bridgehead atoms. The Kier molecular flexibility index (Phi) is 8.17. The maximum absolute atomic E-state index is 12.7. The highest BCUT2D eigenvalue weighted by molar-refractivity contribution is 5.93. The fraction of sp³-hybridized carbons (Fsp3) is 0.308. The van der Waals surface area contributed by atoms with Crippen molar-refractivity contribution in [3.8, 4) is 0 Å². The van der Waals surface area contributed by atoms with Crippen LogP contribution in [-0.4, -0.2) is 34.0 Å². The first-order chi connectivity index (χ1) is 16.3. The van der Waals surface area contributed by atoms with E-state index in [0.29, 0.717) is 18.1 Å². The third-order valence-electron chi connectivity index (χ3n) is 5.78. The third kappa shape index (κ3) is 5.88. The fourth-order valence-corrected chi connectivity index (χ4v) is 3.88. The zero-order valence-corrected chi connectivity index (χ0v) is 19.5. The van der Waals surface area contributed by atoms with Gasteiger partial charge in [-0.3, -0.25) is 18.7 Å². The van der Waals surface area contributed by atoms with Crippen molar-refractivity contribution in [1.29, 1.82) is 0 Å². The molecule has 0 amide bonds. The normalized spacial score (nSPS) is 15.1. The Balaban J connectivity index is 0.000000302. The summed E-state index contributed by atoms with van der Waals surface area (Å²) in [7, 11) is 1.47. The van der Waals surface area contributed by atoms with Crippen LogP contribution >= 0.6 is 0 Å². The van der Waals surface area contributed by atoms with Gasteiger partial charge in [-0.15, -0.1) is 0 Å². The zero-order chi connectivity index (χ0) is 24.7. The van der Waals surface area contributed by atoms with Crippen molar-refractivity contribution >= 4 is 17.3 Å². The molecule has 2 N–H and O–H groups in total. The topological polar surface area (TPSA) is 94.7 Å². The van der Waals surface area contributed by atoms with E-state index in [1.54, 1.807) is 23.6 Å². The van der Waals surface area contributed by atoms with Gasteiger partial charge in [0.2, 0.25) is 0 Å². The maximum Gasteiger partial charge on any atom is 0.332 e. The first kappa shape index (κ1) is 24.7. The molecule has 176 valence electrons. The molecule has 8 nitrogen and oxygen atoms in total. The Morgan fingerprint density at radius 1 is 1.12 bits per heavy atom. The smallest absolute Gasteiger partial charge is 0.332 e. The van der Waals surface area contributed by atoms with Gasteiger partial charge >= 0.3 is 5.69 Å². The van der Waals surface area contributed by atoms with Crippen molar-refractivity contribution in [2.24, 2.45) is 12.8 Å². The number of carbonyl (C=O) groups is 1. The summed E-state index contributed by atoms with van der Waals surface area (Å²) in [6, 6.07) is 17.9. The molecule has 0 unspecified atom stereocenters. The van der Waals surface area contributed by atoms with Crippen molar-refractivity contribution in [3.05, 3.63) is 104 Å². The molecule has 0 radical (unpaired) electrons. The quantitative estimate of drug-likeness (QED) is 0.478. The molecule has 1 atom stereocenters. The Morgan fingerprint density at radius 2 is 1.79 bits per heavy atom. The highest BCUT2D eigenvalue weighted by Gasteiger charge is 2.22. The van der Waals surface area contributed by atoms with Gasteiger partial charge in [0.05, 0.1) is 6.57 Å². The number of rotatable bonds is 4. The van der Waals surface area contributed by atoms with Crippen LogP contribution in [0.15, 0.2) is 70.3 Å². The third-order valence-corrected chi connectivity index (χ3v) is 5.78. The Bertz CT molecular complexity index is 1300. The lowest BCUT2D eigenvalue weighted by Crippen LogP contribution is -2.47. The highest BCUT2D eigenvalue weighted by Crippen LogP contribution is 2.22. The molecule has 0 aliphatic carbocycles. The molecule has 1 fully saturated rings. The van der Waals surface area contributed by atoms with E-state index >= 15 is 0 Å². The summed E-state index contributed by atoms with van der Waals surface area (Å²) in [6.07, 6.45) is 1.86. The summed E-state index contributed by atoms with van der Waals surface area (Å²) in [5.41, 5.74) is 7.37.